The van der Waals surface area contributed by atoms with Gasteiger partial charge in [0.15, 0.2) is 11.5 Å². The van der Waals surface area contributed by atoms with Crippen molar-refractivity contribution in [2.75, 3.05) is 19.1 Å². The maximum atomic E-state index is 13.2. The highest BCUT2D eigenvalue weighted by atomic mass is 16.5. The second-order valence-electron chi connectivity index (χ2n) is 6.61. The van der Waals surface area contributed by atoms with Gasteiger partial charge in [-0.25, -0.2) is 4.90 Å². The minimum atomic E-state index is -0.576. The van der Waals surface area contributed by atoms with E-state index in [0.29, 0.717) is 34.4 Å². The van der Waals surface area contributed by atoms with Crippen molar-refractivity contribution in [3.8, 4) is 11.5 Å². The number of hydrogen-bond donors (Lipinski definition) is 0. The summed E-state index contributed by atoms with van der Waals surface area (Å²) in [6, 6.07) is 12.5. The van der Waals surface area contributed by atoms with E-state index < -0.39 is 5.92 Å². The molecule has 6 heteroatoms. The van der Waals surface area contributed by atoms with E-state index in [2.05, 4.69) is 4.99 Å². The van der Waals surface area contributed by atoms with E-state index in [-0.39, 0.29) is 11.8 Å². The van der Waals surface area contributed by atoms with Gasteiger partial charge in [-0.2, -0.15) is 0 Å². The van der Waals surface area contributed by atoms with Crippen molar-refractivity contribution in [1.29, 1.82) is 0 Å². The first-order chi connectivity index (χ1) is 13.1. The molecule has 0 aromatic heterocycles. The Morgan fingerprint density at radius 3 is 2.48 bits per heavy atom. The topological polar surface area (TPSA) is 68.2 Å². The zero-order valence-electron chi connectivity index (χ0n) is 15.2. The number of hydrogen-bond acceptors (Lipinski definition) is 5. The second-order valence-corrected chi connectivity index (χ2v) is 6.61. The summed E-state index contributed by atoms with van der Waals surface area (Å²) in [5, 5.41) is 0. The molecule has 1 saturated carbocycles. The van der Waals surface area contributed by atoms with Crippen molar-refractivity contribution in [2.45, 2.75) is 24.8 Å². The lowest BCUT2D eigenvalue weighted by Gasteiger charge is -2.31. The molecule has 27 heavy (non-hydrogen) atoms. The summed E-state index contributed by atoms with van der Waals surface area (Å²) < 4.78 is 10.6. The molecule has 4 rings (SSSR count). The molecular weight excluding hydrogens is 344 g/mol. The normalized spacial score (nSPS) is 19.3. The summed E-state index contributed by atoms with van der Waals surface area (Å²) in [4.78, 5) is 32.0. The Kier molecular flexibility index (Phi) is 4.39. The molecule has 1 fully saturated rings. The molecule has 1 aliphatic carbocycles. The zero-order valence-corrected chi connectivity index (χ0v) is 15.2. The minimum absolute atomic E-state index is 0.303. The first-order valence-corrected chi connectivity index (χ1v) is 8.86. The van der Waals surface area contributed by atoms with Crippen LogP contribution in [0.15, 0.2) is 47.5 Å². The lowest BCUT2D eigenvalue weighted by molar-refractivity contribution is -0.118. The van der Waals surface area contributed by atoms with Gasteiger partial charge in [0.25, 0.3) is 5.91 Å². The minimum Gasteiger partial charge on any atom is -0.493 e. The van der Waals surface area contributed by atoms with Gasteiger partial charge in [0.05, 0.1) is 25.8 Å². The van der Waals surface area contributed by atoms with Crippen LogP contribution in [-0.4, -0.2) is 38.3 Å². The third-order valence-corrected chi connectivity index (χ3v) is 4.83. The molecular formula is C21H20N2O4. The van der Waals surface area contributed by atoms with Crippen molar-refractivity contribution in [1.82, 2.24) is 0 Å². The van der Waals surface area contributed by atoms with Crippen LogP contribution in [0.4, 0.5) is 5.69 Å². The maximum absolute atomic E-state index is 13.2. The van der Waals surface area contributed by atoms with Gasteiger partial charge in [0, 0.05) is 23.9 Å². The van der Waals surface area contributed by atoms with Crippen LogP contribution < -0.4 is 14.4 Å². The van der Waals surface area contributed by atoms with Crippen LogP contribution in [0.1, 0.15) is 34.7 Å². The largest absolute Gasteiger partial charge is 0.493 e. The monoisotopic (exact) mass is 364 g/mol. The zero-order chi connectivity index (χ0) is 19.0. The average molecular weight is 364 g/mol. The Bertz CT molecular complexity index is 934. The van der Waals surface area contributed by atoms with Crippen LogP contribution in [0, 0.1) is 0 Å². The van der Waals surface area contributed by atoms with Crippen LogP contribution in [0.3, 0.4) is 0 Å². The van der Waals surface area contributed by atoms with Crippen molar-refractivity contribution in [3.05, 3.63) is 53.6 Å². The number of aliphatic imine (C=N–C) groups is 1. The number of rotatable bonds is 5. The fraction of sp³-hybridized carbons (Fsp3) is 0.286. The molecule has 6 nitrogen and oxygen atoms in total. The fourth-order valence-corrected chi connectivity index (χ4v) is 3.24. The first kappa shape index (κ1) is 17.3. The number of carbonyl (C=O) groups is 2. The van der Waals surface area contributed by atoms with Crippen LogP contribution >= 0.6 is 0 Å². The van der Waals surface area contributed by atoms with Gasteiger partial charge >= 0.3 is 0 Å². The second kappa shape index (κ2) is 6.87. The maximum Gasteiger partial charge on any atom is 0.265 e. The molecule has 2 amide bonds. The first-order valence-electron chi connectivity index (χ1n) is 8.86. The SMILES string of the molecule is COc1ccc(N2C(=O)c3ccccc3[C@@H](C=NC3CC3)C2=O)cc1OC. The Morgan fingerprint density at radius 1 is 1.04 bits per heavy atom. The summed E-state index contributed by atoms with van der Waals surface area (Å²) in [7, 11) is 3.05. The Morgan fingerprint density at radius 2 is 1.78 bits per heavy atom. The highest BCUT2D eigenvalue weighted by Crippen LogP contribution is 2.36. The summed E-state index contributed by atoms with van der Waals surface area (Å²) in [6.45, 7) is 0. The molecule has 0 unspecified atom stereocenters. The van der Waals surface area contributed by atoms with Gasteiger partial charge in [-0.15, -0.1) is 0 Å². The van der Waals surface area contributed by atoms with E-state index in [1.54, 1.807) is 36.5 Å². The molecule has 0 spiro atoms. The predicted molar refractivity (Wildman–Crippen MR) is 102 cm³/mol. The van der Waals surface area contributed by atoms with Crippen LogP contribution in [0.25, 0.3) is 0 Å². The van der Waals surface area contributed by atoms with E-state index in [0.717, 1.165) is 12.8 Å². The molecule has 1 heterocycles. The number of nitrogens with zero attached hydrogens (tertiary/aromatic N) is 2. The third-order valence-electron chi connectivity index (χ3n) is 4.83. The fourth-order valence-electron chi connectivity index (χ4n) is 3.24. The molecule has 2 aromatic rings. The number of fused-ring (bicyclic) bond motifs is 1. The number of anilines is 1. The number of carbonyl (C=O) groups excluding carboxylic acids is 2. The highest BCUT2D eigenvalue weighted by molar-refractivity contribution is 6.29. The molecule has 2 aliphatic rings. The smallest absolute Gasteiger partial charge is 0.265 e. The Labute approximate surface area is 157 Å². The van der Waals surface area contributed by atoms with Gasteiger partial charge in [-0.1, -0.05) is 18.2 Å². The van der Waals surface area contributed by atoms with E-state index in [1.165, 1.54) is 19.1 Å². The van der Waals surface area contributed by atoms with Crippen molar-refractivity contribution >= 4 is 23.7 Å². The van der Waals surface area contributed by atoms with E-state index in [4.69, 9.17) is 9.47 Å². The molecule has 0 radical (unpaired) electrons. The summed E-state index contributed by atoms with van der Waals surface area (Å²) in [5.74, 6) is -0.245. The lowest BCUT2D eigenvalue weighted by atomic mass is 9.89. The third kappa shape index (κ3) is 3.07. The van der Waals surface area contributed by atoms with Gasteiger partial charge in [-0.3, -0.25) is 14.6 Å². The Hall–Kier alpha value is -3.15. The van der Waals surface area contributed by atoms with Crippen molar-refractivity contribution in [3.63, 3.8) is 0 Å². The summed E-state index contributed by atoms with van der Waals surface area (Å²) in [6.07, 6.45) is 3.80. The van der Waals surface area contributed by atoms with Gasteiger partial charge < -0.3 is 9.47 Å². The average Bonchev–Trinajstić information content (AvgIpc) is 3.52. The number of benzene rings is 2. The van der Waals surface area contributed by atoms with Gasteiger partial charge in [0.2, 0.25) is 5.91 Å². The molecule has 0 bridgehead atoms. The van der Waals surface area contributed by atoms with E-state index in [9.17, 15) is 9.59 Å². The molecule has 0 N–H and O–H groups in total. The van der Waals surface area contributed by atoms with Crippen molar-refractivity contribution in [2.24, 2.45) is 4.99 Å². The number of ether oxygens (including phenoxy) is 2. The number of amides is 2. The summed E-state index contributed by atoms with van der Waals surface area (Å²) >= 11 is 0. The van der Waals surface area contributed by atoms with Crippen LogP contribution in [-0.2, 0) is 4.79 Å². The highest BCUT2D eigenvalue weighted by Gasteiger charge is 2.39. The number of methoxy groups -OCH3 is 2. The lowest BCUT2D eigenvalue weighted by Crippen LogP contribution is -2.45. The molecule has 1 atom stereocenters. The van der Waals surface area contributed by atoms with Gasteiger partial charge in [0.1, 0.15) is 0 Å². The Balaban J connectivity index is 1.79. The standard InChI is InChI=1S/C21H20N2O4/c1-26-18-10-9-14(11-19(18)27-2)23-20(24)16-6-4-3-5-15(16)17(21(23)25)12-22-13-7-8-13/h3-6,9-13,17H,7-8H2,1-2H3/t17-/m1/s1. The van der Waals surface area contributed by atoms with Crippen molar-refractivity contribution < 1.29 is 19.1 Å². The molecule has 2 aromatic carbocycles. The predicted octanol–water partition coefficient (Wildman–Crippen LogP) is 3.21. The van der Waals surface area contributed by atoms with Crippen LogP contribution in [0.5, 0.6) is 11.5 Å². The van der Waals surface area contributed by atoms with Gasteiger partial charge in [-0.05, 0) is 36.6 Å². The van der Waals surface area contributed by atoms with E-state index in [1.807, 2.05) is 12.1 Å². The van der Waals surface area contributed by atoms with Crippen LogP contribution in [0.2, 0.25) is 0 Å². The number of imide groups is 1. The van der Waals surface area contributed by atoms with E-state index >= 15 is 0 Å². The quantitative estimate of drug-likeness (QED) is 0.603. The molecule has 0 saturated heterocycles. The molecule has 138 valence electrons. The summed E-state index contributed by atoms with van der Waals surface area (Å²) in [5.41, 5.74) is 1.66. The molecule has 1 aliphatic heterocycles.